The quantitative estimate of drug-likeness (QED) is 0.746. The molecule has 0 unspecified atom stereocenters. The molecule has 0 radical (unpaired) electrons. The topological polar surface area (TPSA) is 67.5 Å². The van der Waals surface area contributed by atoms with Crippen molar-refractivity contribution in [3.63, 3.8) is 0 Å². The molecule has 4 heteroatoms. The molecule has 3 rings (SSSR count). The lowest BCUT2D eigenvalue weighted by Crippen LogP contribution is -2.09. The summed E-state index contributed by atoms with van der Waals surface area (Å²) in [6, 6.07) is 12.4. The summed E-state index contributed by atoms with van der Waals surface area (Å²) in [7, 11) is 0. The number of carboxylic acid groups (broad SMARTS) is 1. The SMILES string of the molecule is Cc1c(CC(=O)O)cc2ccoc2c1C(=O)c1ccccc1. The molecule has 0 aliphatic heterocycles. The molecule has 0 amide bonds. The molecule has 0 saturated heterocycles. The molecule has 0 spiro atoms. The van der Waals surface area contributed by atoms with Crippen LogP contribution in [0.2, 0.25) is 0 Å². The zero-order chi connectivity index (χ0) is 15.7. The Morgan fingerprint density at radius 3 is 2.55 bits per heavy atom. The van der Waals surface area contributed by atoms with E-state index in [1.54, 1.807) is 43.3 Å². The third-order valence-corrected chi connectivity index (χ3v) is 3.71. The van der Waals surface area contributed by atoms with Crippen LogP contribution >= 0.6 is 0 Å². The van der Waals surface area contributed by atoms with Gasteiger partial charge in [0.05, 0.1) is 18.2 Å². The molecule has 110 valence electrons. The Labute approximate surface area is 127 Å². The zero-order valence-corrected chi connectivity index (χ0v) is 12.0. The largest absolute Gasteiger partial charge is 0.481 e. The van der Waals surface area contributed by atoms with Crippen LogP contribution in [0.1, 0.15) is 27.0 Å². The summed E-state index contributed by atoms with van der Waals surface area (Å²) >= 11 is 0. The predicted molar refractivity (Wildman–Crippen MR) is 82.2 cm³/mol. The summed E-state index contributed by atoms with van der Waals surface area (Å²) in [5, 5.41) is 9.79. The molecule has 0 fully saturated rings. The highest BCUT2D eigenvalue weighted by Crippen LogP contribution is 2.29. The Morgan fingerprint density at radius 1 is 1.14 bits per heavy atom. The normalized spacial score (nSPS) is 10.8. The number of furan rings is 1. The number of aliphatic carboxylic acids is 1. The number of hydrogen-bond donors (Lipinski definition) is 1. The van der Waals surface area contributed by atoms with Gasteiger partial charge < -0.3 is 9.52 Å². The highest BCUT2D eigenvalue weighted by Gasteiger charge is 2.21. The number of ketones is 1. The van der Waals surface area contributed by atoms with Crippen molar-refractivity contribution < 1.29 is 19.1 Å². The fourth-order valence-electron chi connectivity index (χ4n) is 2.62. The van der Waals surface area contributed by atoms with E-state index in [9.17, 15) is 9.59 Å². The van der Waals surface area contributed by atoms with Gasteiger partial charge in [-0.3, -0.25) is 9.59 Å². The van der Waals surface area contributed by atoms with Crippen LogP contribution in [0, 0.1) is 6.92 Å². The van der Waals surface area contributed by atoms with E-state index in [0.29, 0.717) is 27.8 Å². The van der Waals surface area contributed by atoms with Crippen molar-refractivity contribution in [3.05, 3.63) is 71.0 Å². The van der Waals surface area contributed by atoms with Gasteiger partial charge in [0.15, 0.2) is 5.78 Å². The Kier molecular flexibility index (Phi) is 3.51. The van der Waals surface area contributed by atoms with Crippen molar-refractivity contribution in [2.45, 2.75) is 13.3 Å². The van der Waals surface area contributed by atoms with E-state index >= 15 is 0 Å². The molecule has 0 aliphatic rings. The second-order valence-corrected chi connectivity index (χ2v) is 5.14. The van der Waals surface area contributed by atoms with E-state index < -0.39 is 5.97 Å². The van der Waals surface area contributed by atoms with Gasteiger partial charge in [-0.2, -0.15) is 0 Å². The molecular weight excluding hydrogens is 280 g/mol. The van der Waals surface area contributed by atoms with Crippen LogP contribution in [0.5, 0.6) is 0 Å². The second kappa shape index (κ2) is 5.48. The maximum atomic E-state index is 12.8. The first-order valence-electron chi connectivity index (χ1n) is 6.89. The van der Waals surface area contributed by atoms with E-state index in [-0.39, 0.29) is 12.2 Å². The number of carbonyl (C=O) groups is 2. The second-order valence-electron chi connectivity index (χ2n) is 5.14. The van der Waals surface area contributed by atoms with Gasteiger partial charge in [0.2, 0.25) is 0 Å². The molecule has 4 nitrogen and oxygen atoms in total. The highest BCUT2D eigenvalue weighted by atomic mass is 16.4. The number of carboxylic acids is 1. The third kappa shape index (κ3) is 2.39. The molecule has 0 atom stereocenters. The van der Waals surface area contributed by atoms with Crippen molar-refractivity contribution in [3.8, 4) is 0 Å². The molecule has 0 aliphatic carbocycles. The maximum Gasteiger partial charge on any atom is 0.307 e. The van der Waals surface area contributed by atoms with Gasteiger partial charge in [0.1, 0.15) is 5.58 Å². The lowest BCUT2D eigenvalue weighted by molar-refractivity contribution is -0.136. The van der Waals surface area contributed by atoms with Crippen LogP contribution in [-0.4, -0.2) is 16.9 Å². The van der Waals surface area contributed by atoms with E-state index in [1.807, 2.05) is 6.07 Å². The van der Waals surface area contributed by atoms with Gasteiger partial charge in [-0.1, -0.05) is 30.3 Å². The Hall–Kier alpha value is -2.88. The molecule has 0 saturated carbocycles. The van der Waals surface area contributed by atoms with Crippen LogP contribution in [0.25, 0.3) is 11.0 Å². The fourth-order valence-corrected chi connectivity index (χ4v) is 2.62. The number of benzene rings is 2. The zero-order valence-electron chi connectivity index (χ0n) is 12.0. The summed E-state index contributed by atoms with van der Waals surface area (Å²) in [5.41, 5.74) is 2.76. The summed E-state index contributed by atoms with van der Waals surface area (Å²) < 4.78 is 5.46. The van der Waals surface area contributed by atoms with Gasteiger partial charge in [-0.25, -0.2) is 0 Å². The van der Waals surface area contributed by atoms with E-state index in [4.69, 9.17) is 9.52 Å². The summed E-state index contributed by atoms with van der Waals surface area (Å²) in [6.45, 7) is 1.76. The van der Waals surface area contributed by atoms with E-state index in [0.717, 1.165) is 5.39 Å². The Bertz CT molecular complexity index is 859. The summed E-state index contributed by atoms with van der Waals surface area (Å²) in [4.78, 5) is 23.8. The Morgan fingerprint density at radius 2 is 1.86 bits per heavy atom. The first-order chi connectivity index (χ1) is 10.6. The first kappa shape index (κ1) is 14.1. The lowest BCUT2D eigenvalue weighted by Gasteiger charge is -2.10. The van der Waals surface area contributed by atoms with Crippen LogP contribution < -0.4 is 0 Å². The van der Waals surface area contributed by atoms with Gasteiger partial charge >= 0.3 is 5.97 Å². The number of fused-ring (bicyclic) bond motifs is 1. The van der Waals surface area contributed by atoms with Gasteiger partial charge in [0.25, 0.3) is 0 Å². The van der Waals surface area contributed by atoms with Crippen molar-refractivity contribution in [2.75, 3.05) is 0 Å². The molecule has 1 aromatic heterocycles. The average molecular weight is 294 g/mol. The minimum Gasteiger partial charge on any atom is -0.481 e. The van der Waals surface area contributed by atoms with Crippen molar-refractivity contribution in [1.29, 1.82) is 0 Å². The monoisotopic (exact) mass is 294 g/mol. The van der Waals surface area contributed by atoms with Crippen LogP contribution in [-0.2, 0) is 11.2 Å². The number of hydrogen-bond acceptors (Lipinski definition) is 3. The molecule has 3 aromatic rings. The van der Waals surface area contributed by atoms with Gasteiger partial charge in [-0.05, 0) is 30.2 Å². The summed E-state index contributed by atoms with van der Waals surface area (Å²) in [6.07, 6.45) is 1.39. The molecule has 1 heterocycles. The minimum absolute atomic E-state index is 0.123. The minimum atomic E-state index is -0.927. The van der Waals surface area contributed by atoms with Crippen molar-refractivity contribution >= 4 is 22.7 Å². The van der Waals surface area contributed by atoms with Crippen LogP contribution in [0.4, 0.5) is 0 Å². The smallest absolute Gasteiger partial charge is 0.307 e. The Balaban J connectivity index is 2.23. The average Bonchev–Trinajstić information content (AvgIpc) is 2.95. The van der Waals surface area contributed by atoms with E-state index in [1.165, 1.54) is 6.26 Å². The number of carbonyl (C=O) groups excluding carboxylic acids is 1. The molecule has 2 aromatic carbocycles. The van der Waals surface area contributed by atoms with Crippen LogP contribution in [0.3, 0.4) is 0 Å². The number of rotatable bonds is 4. The lowest BCUT2D eigenvalue weighted by atomic mass is 9.92. The predicted octanol–water partition coefficient (Wildman–Crippen LogP) is 3.60. The summed E-state index contributed by atoms with van der Waals surface area (Å²) in [5.74, 6) is -1.09. The van der Waals surface area contributed by atoms with E-state index in [2.05, 4.69) is 0 Å². The third-order valence-electron chi connectivity index (χ3n) is 3.71. The molecular formula is C18H14O4. The molecule has 0 bridgehead atoms. The molecule has 22 heavy (non-hydrogen) atoms. The van der Waals surface area contributed by atoms with Gasteiger partial charge in [-0.15, -0.1) is 0 Å². The molecule has 1 N–H and O–H groups in total. The first-order valence-corrected chi connectivity index (χ1v) is 6.89. The van der Waals surface area contributed by atoms with Crippen LogP contribution in [0.15, 0.2) is 53.1 Å². The maximum absolute atomic E-state index is 12.8. The van der Waals surface area contributed by atoms with Gasteiger partial charge in [0, 0.05) is 10.9 Å². The van der Waals surface area contributed by atoms with Crippen molar-refractivity contribution in [1.82, 2.24) is 0 Å². The highest BCUT2D eigenvalue weighted by molar-refractivity contribution is 6.16. The standard InChI is InChI=1S/C18H14O4/c1-11-14(10-15(19)20)9-13-7-8-22-18(13)16(11)17(21)12-5-3-2-4-6-12/h2-9H,10H2,1H3,(H,19,20). The van der Waals surface area contributed by atoms with Crippen molar-refractivity contribution in [2.24, 2.45) is 0 Å². The fraction of sp³-hybridized carbons (Fsp3) is 0.111.